The lowest BCUT2D eigenvalue weighted by atomic mass is 10.1. The van der Waals surface area contributed by atoms with Crippen LogP contribution < -0.4 is 4.74 Å². The van der Waals surface area contributed by atoms with Crippen LogP contribution in [0.15, 0.2) is 18.2 Å². The van der Waals surface area contributed by atoms with Crippen molar-refractivity contribution in [1.29, 1.82) is 0 Å². The second-order valence-electron chi connectivity index (χ2n) is 3.71. The normalized spacial score (nSPS) is 12.2. The van der Waals surface area contributed by atoms with Gasteiger partial charge in [-0.15, -0.1) is 0 Å². The summed E-state index contributed by atoms with van der Waals surface area (Å²) < 4.78 is 18.9. The molecule has 0 N–H and O–H groups in total. The molecule has 2 nitrogen and oxygen atoms in total. The maximum Gasteiger partial charge on any atom is 0.156 e. The van der Waals surface area contributed by atoms with E-state index in [-0.39, 0.29) is 11.7 Å². The van der Waals surface area contributed by atoms with E-state index in [1.165, 1.54) is 6.07 Å². The van der Waals surface area contributed by atoms with Crippen LogP contribution >= 0.6 is 0 Å². The van der Waals surface area contributed by atoms with Gasteiger partial charge in [0, 0.05) is 0 Å². The molecular formula is C13H17FO2. The highest BCUT2D eigenvalue weighted by Crippen LogP contribution is 2.22. The smallest absolute Gasteiger partial charge is 0.156 e. The fraction of sp³-hybridized carbons (Fsp3) is 0.462. The van der Waals surface area contributed by atoms with Gasteiger partial charge in [-0.2, -0.15) is 0 Å². The molecule has 0 aliphatic rings. The van der Waals surface area contributed by atoms with Crippen molar-refractivity contribution < 1.29 is 13.9 Å². The van der Waals surface area contributed by atoms with Gasteiger partial charge in [0.2, 0.25) is 0 Å². The minimum absolute atomic E-state index is 0.0112. The number of rotatable bonds is 6. The van der Waals surface area contributed by atoms with Gasteiger partial charge in [-0.05, 0) is 25.0 Å². The van der Waals surface area contributed by atoms with Crippen LogP contribution in [0.25, 0.3) is 0 Å². The van der Waals surface area contributed by atoms with Gasteiger partial charge in [0.1, 0.15) is 11.6 Å². The number of carbonyl (C=O) groups excluding carboxylic acids is 1. The van der Waals surface area contributed by atoms with E-state index in [0.717, 1.165) is 19.3 Å². The summed E-state index contributed by atoms with van der Waals surface area (Å²) in [5.74, 6) is -0.186. The lowest BCUT2D eigenvalue weighted by Gasteiger charge is -2.18. The van der Waals surface area contributed by atoms with Gasteiger partial charge >= 0.3 is 0 Å². The van der Waals surface area contributed by atoms with E-state index in [4.69, 9.17) is 4.74 Å². The summed E-state index contributed by atoms with van der Waals surface area (Å²) in [6.07, 6.45) is 3.31. The number of benzene rings is 1. The van der Waals surface area contributed by atoms with Gasteiger partial charge in [-0.1, -0.05) is 26.3 Å². The summed E-state index contributed by atoms with van der Waals surface area (Å²) in [7, 11) is 0. The molecule has 0 radical (unpaired) electrons. The number of carbonyl (C=O) groups is 1. The third-order valence-electron chi connectivity index (χ3n) is 2.49. The summed E-state index contributed by atoms with van der Waals surface area (Å²) in [6.45, 7) is 4.08. The van der Waals surface area contributed by atoms with Crippen LogP contribution in [0.3, 0.4) is 0 Å². The predicted molar refractivity (Wildman–Crippen MR) is 61.4 cm³/mol. The van der Waals surface area contributed by atoms with Crippen LogP contribution in [-0.2, 0) is 0 Å². The topological polar surface area (TPSA) is 26.3 Å². The van der Waals surface area contributed by atoms with Crippen molar-refractivity contribution in [3.8, 4) is 5.75 Å². The van der Waals surface area contributed by atoms with E-state index < -0.39 is 5.82 Å². The molecular weight excluding hydrogens is 207 g/mol. The highest BCUT2D eigenvalue weighted by Gasteiger charge is 2.12. The molecule has 88 valence electrons. The van der Waals surface area contributed by atoms with Crippen molar-refractivity contribution in [1.82, 2.24) is 0 Å². The predicted octanol–water partition coefficient (Wildman–Crippen LogP) is 3.60. The molecule has 0 saturated carbocycles. The minimum Gasteiger partial charge on any atom is -0.490 e. The zero-order valence-electron chi connectivity index (χ0n) is 9.70. The molecule has 1 aromatic rings. The number of hydrogen-bond donors (Lipinski definition) is 0. The molecule has 1 unspecified atom stereocenters. The van der Waals surface area contributed by atoms with Crippen molar-refractivity contribution in [3.05, 3.63) is 29.6 Å². The second-order valence-corrected chi connectivity index (χ2v) is 3.71. The molecule has 3 heteroatoms. The van der Waals surface area contributed by atoms with Crippen molar-refractivity contribution in [2.45, 2.75) is 39.2 Å². The largest absolute Gasteiger partial charge is 0.490 e. The van der Waals surface area contributed by atoms with Crippen LogP contribution in [0.1, 0.15) is 43.5 Å². The Morgan fingerprint density at radius 1 is 1.44 bits per heavy atom. The highest BCUT2D eigenvalue weighted by atomic mass is 19.1. The van der Waals surface area contributed by atoms with Gasteiger partial charge in [0.05, 0.1) is 11.7 Å². The van der Waals surface area contributed by atoms with Crippen LogP contribution in [-0.4, -0.2) is 12.4 Å². The van der Waals surface area contributed by atoms with Crippen molar-refractivity contribution >= 4 is 6.29 Å². The van der Waals surface area contributed by atoms with E-state index in [9.17, 15) is 9.18 Å². The fourth-order valence-electron chi connectivity index (χ4n) is 1.58. The molecule has 1 atom stereocenters. The van der Waals surface area contributed by atoms with E-state index in [1.54, 1.807) is 12.1 Å². The minimum atomic E-state index is -0.529. The van der Waals surface area contributed by atoms with E-state index in [0.29, 0.717) is 12.0 Å². The third-order valence-corrected chi connectivity index (χ3v) is 2.49. The molecule has 0 aromatic heterocycles. The molecule has 0 heterocycles. The maximum absolute atomic E-state index is 13.3. The number of ether oxygens (including phenoxy) is 1. The Balaban J connectivity index is 2.86. The molecule has 1 aromatic carbocycles. The van der Waals surface area contributed by atoms with Crippen LogP contribution in [0.4, 0.5) is 4.39 Å². The van der Waals surface area contributed by atoms with Gasteiger partial charge < -0.3 is 4.74 Å². The van der Waals surface area contributed by atoms with Crippen molar-refractivity contribution in [3.63, 3.8) is 0 Å². The van der Waals surface area contributed by atoms with Gasteiger partial charge in [-0.3, -0.25) is 4.79 Å². The molecule has 0 fully saturated rings. The summed E-state index contributed by atoms with van der Waals surface area (Å²) >= 11 is 0. The molecule has 16 heavy (non-hydrogen) atoms. The van der Waals surface area contributed by atoms with E-state index in [2.05, 4.69) is 6.92 Å². The van der Waals surface area contributed by atoms with Crippen LogP contribution in [0, 0.1) is 5.82 Å². The first-order valence-corrected chi connectivity index (χ1v) is 5.63. The first-order valence-electron chi connectivity index (χ1n) is 5.63. The molecule has 0 amide bonds. The van der Waals surface area contributed by atoms with Crippen LogP contribution in [0.5, 0.6) is 5.75 Å². The van der Waals surface area contributed by atoms with E-state index in [1.807, 2.05) is 6.92 Å². The van der Waals surface area contributed by atoms with Gasteiger partial charge in [0.15, 0.2) is 6.29 Å². The van der Waals surface area contributed by atoms with Crippen molar-refractivity contribution in [2.24, 2.45) is 0 Å². The van der Waals surface area contributed by atoms with Crippen molar-refractivity contribution in [2.75, 3.05) is 0 Å². The molecule has 0 aliphatic heterocycles. The Hall–Kier alpha value is -1.38. The number of hydrogen-bond acceptors (Lipinski definition) is 2. The molecule has 0 spiro atoms. The van der Waals surface area contributed by atoms with Crippen LogP contribution in [0.2, 0.25) is 0 Å². The fourth-order valence-corrected chi connectivity index (χ4v) is 1.58. The Morgan fingerprint density at radius 2 is 2.19 bits per heavy atom. The Labute approximate surface area is 95.4 Å². The Morgan fingerprint density at radius 3 is 2.75 bits per heavy atom. The van der Waals surface area contributed by atoms with Gasteiger partial charge in [0.25, 0.3) is 0 Å². The quantitative estimate of drug-likeness (QED) is 0.690. The maximum atomic E-state index is 13.3. The first kappa shape index (κ1) is 12.7. The average Bonchev–Trinajstić information content (AvgIpc) is 2.28. The lowest BCUT2D eigenvalue weighted by molar-refractivity contribution is 0.111. The lowest BCUT2D eigenvalue weighted by Crippen LogP contribution is -2.16. The number of aldehydes is 1. The third kappa shape index (κ3) is 3.05. The van der Waals surface area contributed by atoms with E-state index >= 15 is 0 Å². The standard InChI is InChI=1S/C13H17FO2/c1-3-6-10(4-2)16-13-8-5-7-12(14)11(13)9-15/h5,7-10H,3-4,6H2,1-2H3. The second kappa shape index (κ2) is 6.26. The Bertz CT molecular complexity index is 350. The Kier molecular flexibility index (Phi) is 4.96. The highest BCUT2D eigenvalue weighted by molar-refractivity contribution is 5.79. The summed E-state index contributed by atoms with van der Waals surface area (Å²) in [6, 6.07) is 4.44. The average molecular weight is 224 g/mol. The first-order chi connectivity index (χ1) is 7.72. The monoisotopic (exact) mass is 224 g/mol. The van der Waals surface area contributed by atoms with Gasteiger partial charge in [-0.25, -0.2) is 4.39 Å². The molecule has 0 bridgehead atoms. The zero-order valence-corrected chi connectivity index (χ0v) is 9.70. The molecule has 0 saturated heterocycles. The molecule has 0 aliphatic carbocycles. The molecule has 1 rings (SSSR count). The number of halogens is 1. The summed E-state index contributed by atoms with van der Waals surface area (Å²) in [4.78, 5) is 10.8. The zero-order chi connectivity index (χ0) is 12.0. The summed E-state index contributed by atoms with van der Waals surface area (Å²) in [5, 5.41) is 0. The SMILES string of the molecule is CCCC(CC)Oc1cccc(F)c1C=O. The summed E-state index contributed by atoms with van der Waals surface area (Å²) in [5.41, 5.74) is 0.0112.